The third-order valence-corrected chi connectivity index (χ3v) is 4.33. The molecule has 2 rings (SSSR count). The summed E-state index contributed by atoms with van der Waals surface area (Å²) in [6.07, 6.45) is 4.20. The van der Waals surface area contributed by atoms with Gasteiger partial charge in [-0.25, -0.2) is 0 Å². The van der Waals surface area contributed by atoms with Gasteiger partial charge in [0.15, 0.2) is 11.5 Å². The minimum absolute atomic E-state index is 0.132. The first-order valence-electron chi connectivity index (χ1n) is 9.05. The van der Waals surface area contributed by atoms with Crippen LogP contribution in [0.15, 0.2) is 42.5 Å². The molecule has 0 aliphatic heterocycles. The van der Waals surface area contributed by atoms with E-state index in [9.17, 15) is 4.79 Å². The van der Waals surface area contributed by atoms with Crippen LogP contribution < -0.4 is 14.2 Å². The molecule has 0 unspecified atom stereocenters. The average molecular weight is 404 g/mol. The summed E-state index contributed by atoms with van der Waals surface area (Å²) in [6.45, 7) is 3.06. The zero-order valence-electron chi connectivity index (χ0n) is 16.7. The number of amides is 1. The molecule has 2 aromatic carbocycles. The summed E-state index contributed by atoms with van der Waals surface area (Å²) in [4.78, 5) is 14.1. The lowest BCUT2D eigenvalue weighted by atomic mass is 10.1. The van der Waals surface area contributed by atoms with Gasteiger partial charge in [0.1, 0.15) is 5.75 Å². The molecule has 0 heterocycles. The maximum atomic E-state index is 12.5. The van der Waals surface area contributed by atoms with Gasteiger partial charge in [0, 0.05) is 30.3 Å². The minimum atomic E-state index is -0.132. The largest absolute Gasteiger partial charge is 0.496 e. The van der Waals surface area contributed by atoms with E-state index in [-0.39, 0.29) is 5.91 Å². The average Bonchev–Trinajstić information content (AvgIpc) is 2.70. The summed E-state index contributed by atoms with van der Waals surface area (Å²) < 4.78 is 16.4. The third kappa shape index (κ3) is 5.92. The highest BCUT2D eigenvalue weighted by molar-refractivity contribution is 6.30. The Hall–Kier alpha value is -2.66. The van der Waals surface area contributed by atoms with Crippen LogP contribution in [0.2, 0.25) is 5.02 Å². The Kier molecular flexibility index (Phi) is 8.20. The Morgan fingerprint density at radius 1 is 1.07 bits per heavy atom. The monoisotopic (exact) mass is 403 g/mol. The van der Waals surface area contributed by atoms with Gasteiger partial charge in [-0.1, -0.05) is 24.6 Å². The van der Waals surface area contributed by atoms with Crippen LogP contribution in [-0.4, -0.2) is 38.7 Å². The number of carbonyl (C=O) groups is 1. The predicted molar refractivity (Wildman–Crippen MR) is 112 cm³/mol. The number of hydrogen-bond acceptors (Lipinski definition) is 4. The minimum Gasteiger partial charge on any atom is -0.496 e. The normalized spacial score (nSPS) is 10.8. The van der Waals surface area contributed by atoms with Gasteiger partial charge >= 0.3 is 0 Å². The van der Waals surface area contributed by atoms with Crippen molar-refractivity contribution in [1.29, 1.82) is 0 Å². The van der Waals surface area contributed by atoms with Crippen LogP contribution in [0.3, 0.4) is 0 Å². The number of carbonyl (C=O) groups excluding carboxylic acids is 1. The summed E-state index contributed by atoms with van der Waals surface area (Å²) in [6, 6.07) is 10.9. The predicted octanol–water partition coefficient (Wildman–Crippen LogP) is 4.82. The molecule has 0 aromatic heterocycles. The lowest BCUT2D eigenvalue weighted by Gasteiger charge is -2.17. The van der Waals surface area contributed by atoms with Crippen molar-refractivity contribution in [3.63, 3.8) is 0 Å². The van der Waals surface area contributed by atoms with E-state index in [1.807, 2.05) is 25.1 Å². The van der Waals surface area contributed by atoms with Crippen LogP contribution >= 0.6 is 11.6 Å². The Labute approximate surface area is 171 Å². The number of rotatable bonds is 9. The maximum absolute atomic E-state index is 12.5. The van der Waals surface area contributed by atoms with Gasteiger partial charge in [0.25, 0.3) is 0 Å². The van der Waals surface area contributed by atoms with Gasteiger partial charge in [-0.3, -0.25) is 4.79 Å². The highest BCUT2D eigenvalue weighted by atomic mass is 35.5. The molecule has 0 saturated carbocycles. The number of likely N-dealkylation sites (N-methyl/N-ethyl adjacent to an activating group) is 1. The Morgan fingerprint density at radius 2 is 1.79 bits per heavy atom. The van der Waals surface area contributed by atoms with Gasteiger partial charge in [-0.05, 0) is 48.4 Å². The molecule has 0 saturated heterocycles. The number of nitrogens with zero attached hydrogens (tertiary/aromatic N) is 1. The first-order chi connectivity index (χ1) is 13.5. The molecule has 0 aliphatic rings. The van der Waals surface area contributed by atoms with E-state index in [1.165, 1.54) is 6.08 Å². The van der Waals surface area contributed by atoms with Crippen molar-refractivity contribution >= 4 is 23.6 Å². The highest BCUT2D eigenvalue weighted by Gasteiger charge is 2.11. The zero-order chi connectivity index (χ0) is 20.5. The molecule has 0 fully saturated rings. The van der Waals surface area contributed by atoms with Crippen LogP contribution in [0.25, 0.3) is 6.08 Å². The number of benzene rings is 2. The molecule has 5 nitrogen and oxygen atoms in total. The highest BCUT2D eigenvalue weighted by Crippen LogP contribution is 2.29. The Balaban J connectivity index is 2.07. The Bertz CT molecular complexity index is 835. The maximum Gasteiger partial charge on any atom is 0.246 e. The second kappa shape index (κ2) is 10.6. The quantitative estimate of drug-likeness (QED) is 0.563. The van der Waals surface area contributed by atoms with Crippen molar-refractivity contribution in [2.45, 2.75) is 19.9 Å². The van der Waals surface area contributed by atoms with Crippen LogP contribution in [0, 0.1) is 0 Å². The van der Waals surface area contributed by atoms with E-state index >= 15 is 0 Å². The molecule has 28 heavy (non-hydrogen) atoms. The van der Waals surface area contributed by atoms with E-state index in [0.29, 0.717) is 35.4 Å². The zero-order valence-corrected chi connectivity index (χ0v) is 17.5. The molecule has 0 atom stereocenters. The standard InChI is InChI=1S/C22H26ClNO4/c1-5-12-28-20-9-6-16(13-21(20)27-4)7-11-22(25)24(2)15-17-14-18(23)8-10-19(17)26-3/h6-11,13-14H,5,12,15H2,1-4H3/b11-7+. The van der Waals surface area contributed by atoms with E-state index < -0.39 is 0 Å². The first-order valence-corrected chi connectivity index (χ1v) is 9.42. The lowest BCUT2D eigenvalue weighted by molar-refractivity contribution is -0.125. The fraction of sp³-hybridized carbons (Fsp3) is 0.318. The fourth-order valence-electron chi connectivity index (χ4n) is 2.62. The second-order valence-electron chi connectivity index (χ2n) is 6.24. The molecular formula is C22H26ClNO4. The van der Waals surface area contributed by atoms with Crippen molar-refractivity contribution in [3.8, 4) is 17.2 Å². The summed E-state index contributed by atoms with van der Waals surface area (Å²) in [7, 11) is 4.92. The lowest BCUT2D eigenvalue weighted by Crippen LogP contribution is -2.24. The van der Waals surface area contributed by atoms with Crippen molar-refractivity contribution in [2.75, 3.05) is 27.9 Å². The van der Waals surface area contributed by atoms with Gasteiger partial charge in [0.2, 0.25) is 5.91 Å². The molecular weight excluding hydrogens is 378 g/mol. The Morgan fingerprint density at radius 3 is 2.46 bits per heavy atom. The molecule has 0 radical (unpaired) electrons. The smallest absolute Gasteiger partial charge is 0.246 e. The molecule has 150 valence electrons. The second-order valence-corrected chi connectivity index (χ2v) is 6.68. The molecule has 2 aromatic rings. The van der Waals surface area contributed by atoms with Gasteiger partial charge in [0.05, 0.1) is 20.8 Å². The van der Waals surface area contributed by atoms with Gasteiger partial charge in [-0.2, -0.15) is 0 Å². The van der Waals surface area contributed by atoms with E-state index in [1.54, 1.807) is 50.4 Å². The summed E-state index contributed by atoms with van der Waals surface area (Å²) in [5.41, 5.74) is 1.70. The number of ether oxygens (including phenoxy) is 3. The van der Waals surface area contributed by atoms with Crippen molar-refractivity contribution in [1.82, 2.24) is 4.90 Å². The van der Waals surface area contributed by atoms with Crippen molar-refractivity contribution in [2.24, 2.45) is 0 Å². The van der Waals surface area contributed by atoms with Crippen LogP contribution in [0.1, 0.15) is 24.5 Å². The van der Waals surface area contributed by atoms with Crippen molar-refractivity contribution in [3.05, 3.63) is 58.6 Å². The van der Waals surface area contributed by atoms with Crippen LogP contribution in [0.5, 0.6) is 17.2 Å². The van der Waals surface area contributed by atoms with Crippen molar-refractivity contribution < 1.29 is 19.0 Å². The summed E-state index contributed by atoms with van der Waals surface area (Å²) >= 11 is 6.06. The third-order valence-electron chi connectivity index (χ3n) is 4.09. The molecule has 0 spiro atoms. The SMILES string of the molecule is CCCOc1ccc(/C=C/C(=O)N(C)Cc2cc(Cl)ccc2OC)cc1OC. The van der Waals surface area contributed by atoms with E-state index in [0.717, 1.165) is 17.5 Å². The van der Waals surface area contributed by atoms with Gasteiger partial charge in [-0.15, -0.1) is 0 Å². The molecule has 0 N–H and O–H groups in total. The van der Waals surface area contributed by atoms with Crippen LogP contribution in [-0.2, 0) is 11.3 Å². The first kappa shape index (κ1) is 21.6. The fourth-order valence-corrected chi connectivity index (χ4v) is 2.81. The number of hydrogen-bond donors (Lipinski definition) is 0. The van der Waals surface area contributed by atoms with Gasteiger partial charge < -0.3 is 19.1 Å². The van der Waals surface area contributed by atoms with E-state index in [2.05, 4.69) is 0 Å². The number of methoxy groups -OCH3 is 2. The molecule has 1 amide bonds. The van der Waals surface area contributed by atoms with Crippen LogP contribution in [0.4, 0.5) is 0 Å². The summed E-state index contributed by atoms with van der Waals surface area (Å²) in [5.74, 6) is 1.89. The topological polar surface area (TPSA) is 48.0 Å². The number of halogens is 1. The molecule has 0 bridgehead atoms. The summed E-state index contributed by atoms with van der Waals surface area (Å²) in [5, 5.41) is 0.602. The molecule has 0 aliphatic carbocycles. The molecule has 6 heteroatoms. The van der Waals surface area contributed by atoms with E-state index in [4.69, 9.17) is 25.8 Å².